The molecule has 2 aliphatic heterocycles. The molecule has 1 amide bonds. The fourth-order valence-corrected chi connectivity index (χ4v) is 3.18. The predicted molar refractivity (Wildman–Crippen MR) is 70.3 cm³/mol. The second kappa shape index (κ2) is 5.15. The monoisotopic (exact) mass is 255 g/mol. The van der Waals surface area contributed by atoms with Crippen molar-refractivity contribution in [2.75, 3.05) is 32.8 Å². The van der Waals surface area contributed by atoms with E-state index in [1.165, 1.54) is 0 Å². The maximum absolute atomic E-state index is 12.1. The van der Waals surface area contributed by atoms with Gasteiger partial charge in [0.2, 0.25) is 5.91 Å². The van der Waals surface area contributed by atoms with Gasteiger partial charge in [0.25, 0.3) is 0 Å². The van der Waals surface area contributed by atoms with Crippen LogP contribution in [0.1, 0.15) is 33.1 Å². The van der Waals surface area contributed by atoms with Gasteiger partial charge in [-0.15, -0.1) is 0 Å². The molecular formula is C13H25N3O2. The molecule has 3 N–H and O–H groups in total. The highest BCUT2D eigenvalue weighted by Gasteiger charge is 2.50. The van der Waals surface area contributed by atoms with Crippen molar-refractivity contribution < 1.29 is 9.53 Å². The third kappa shape index (κ3) is 2.39. The lowest BCUT2D eigenvalue weighted by atomic mass is 9.77. The molecule has 5 nitrogen and oxygen atoms in total. The van der Waals surface area contributed by atoms with Crippen molar-refractivity contribution in [3.05, 3.63) is 0 Å². The van der Waals surface area contributed by atoms with Crippen molar-refractivity contribution in [3.8, 4) is 0 Å². The Morgan fingerprint density at radius 2 is 2.11 bits per heavy atom. The molecule has 0 bridgehead atoms. The summed E-state index contributed by atoms with van der Waals surface area (Å²) < 4.78 is 5.86. The Hall–Kier alpha value is -0.650. The van der Waals surface area contributed by atoms with E-state index in [1.807, 2.05) is 0 Å². The van der Waals surface area contributed by atoms with E-state index in [9.17, 15) is 4.79 Å². The van der Waals surface area contributed by atoms with Crippen LogP contribution >= 0.6 is 0 Å². The van der Waals surface area contributed by atoms with Crippen molar-refractivity contribution in [2.24, 2.45) is 5.73 Å². The van der Waals surface area contributed by atoms with Crippen LogP contribution < -0.4 is 11.1 Å². The molecule has 2 saturated heterocycles. The Bertz CT molecular complexity index is 317. The summed E-state index contributed by atoms with van der Waals surface area (Å²) in [5, 5.41) is 3.32. The molecule has 104 valence electrons. The molecule has 0 aromatic heterocycles. The van der Waals surface area contributed by atoms with E-state index in [0.717, 1.165) is 39.0 Å². The summed E-state index contributed by atoms with van der Waals surface area (Å²) in [5.41, 5.74) is 5.02. The van der Waals surface area contributed by atoms with Gasteiger partial charge in [0.1, 0.15) is 5.54 Å². The minimum atomic E-state index is -0.509. The number of rotatable bonds is 3. The molecule has 2 fully saturated rings. The van der Waals surface area contributed by atoms with Gasteiger partial charge in [0, 0.05) is 39.2 Å². The van der Waals surface area contributed by atoms with Crippen LogP contribution in [0, 0.1) is 0 Å². The molecule has 18 heavy (non-hydrogen) atoms. The predicted octanol–water partition coefficient (Wildman–Crippen LogP) is 0.0948. The van der Waals surface area contributed by atoms with Gasteiger partial charge in [-0.25, -0.2) is 0 Å². The number of primary amides is 1. The molecule has 2 unspecified atom stereocenters. The first-order valence-corrected chi connectivity index (χ1v) is 6.92. The molecule has 0 aliphatic carbocycles. The minimum Gasteiger partial charge on any atom is -0.375 e. The van der Waals surface area contributed by atoms with Gasteiger partial charge in [-0.3, -0.25) is 9.69 Å². The molecular weight excluding hydrogens is 230 g/mol. The van der Waals surface area contributed by atoms with Crippen molar-refractivity contribution >= 4 is 5.91 Å². The van der Waals surface area contributed by atoms with E-state index >= 15 is 0 Å². The number of carbonyl (C=O) groups is 1. The Kier molecular flexibility index (Phi) is 3.94. The van der Waals surface area contributed by atoms with Gasteiger partial charge in [0.15, 0.2) is 0 Å². The van der Waals surface area contributed by atoms with E-state index < -0.39 is 5.54 Å². The van der Waals surface area contributed by atoms with Gasteiger partial charge >= 0.3 is 0 Å². The van der Waals surface area contributed by atoms with Crippen LogP contribution in [0.15, 0.2) is 0 Å². The van der Waals surface area contributed by atoms with E-state index in [2.05, 4.69) is 24.1 Å². The fourth-order valence-electron chi connectivity index (χ4n) is 3.18. The standard InChI is InChI=1S/C13H25N3O2/c1-3-12(2)10-13(11(14)17,4-9-18-12)16-7-5-15-6-8-16/h15H,3-10H2,1-2H3,(H2,14,17). The number of ether oxygens (including phenoxy) is 1. The number of hydrogen-bond acceptors (Lipinski definition) is 4. The van der Waals surface area contributed by atoms with E-state index in [1.54, 1.807) is 0 Å². The Morgan fingerprint density at radius 3 is 2.67 bits per heavy atom. The van der Waals surface area contributed by atoms with Crippen molar-refractivity contribution in [3.63, 3.8) is 0 Å². The number of nitrogens with zero attached hydrogens (tertiary/aromatic N) is 1. The quantitative estimate of drug-likeness (QED) is 0.750. The highest BCUT2D eigenvalue weighted by Crippen LogP contribution is 2.38. The van der Waals surface area contributed by atoms with Gasteiger partial charge in [-0.1, -0.05) is 6.92 Å². The summed E-state index contributed by atoms with van der Waals surface area (Å²) in [6.07, 6.45) is 2.35. The number of nitrogens with one attached hydrogen (secondary N) is 1. The third-order valence-electron chi connectivity index (χ3n) is 4.56. The number of amides is 1. The largest absolute Gasteiger partial charge is 0.375 e. The number of hydrogen-bond donors (Lipinski definition) is 2. The second-order valence-corrected chi connectivity index (χ2v) is 5.71. The van der Waals surface area contributed by atoms with Crippen molar-refractivity contribution in [1.29, 1.82) is 0 Å². The van der Waals surface area contributed by atoms with Crippen LogP contribution in [0.4, 0.5) is 0 Å². The van der Waals surface area contributed by atoms with Crippen LogP contribution in [0.5, 0.6) is 0 Å². The lowest BCUT2D eigenvalue weighted by molar-refractivity contribution is -0.158. The van der Waals surface area contributed by atoms with Gasteiger partial charge in [-0.05, 0) is 19.8 Å². The summed E-state index contributed by atoms with van der Waals surface area (Å²) in [5.74, 6) is -0.188. The van der Waals surface area contributed by atoms with Gasteiger partial charge < -0.3 is 15.8 Å². The van der Waals surface area contributed by atoms with Gasteiger partial charge in [0.05, 0.1) is 5.60 Å². The Balaban J connectivity index is 2.23. The van der Waals surface area contributed by atoms with Crippen LogP contribution in [-0.2, 0) is 9.53 Å². The molecule has 2 rings (SSSR count). The summed E-state index contributed by atoms with van der Waals surface area (Å²) in [4.78, 5) is 14.4. The molecule has 2 heterocycles. The molecule has 2 atom stereocenters. The zero-order valence-electron chi connectivity index (χ0n) is 11.5. The molecule has 0 aromatic carbocycles. The summed E-state index contributed by atoms with van der Waals surface area (Å²) in [6, 6.07) is 0. The minimum absolute atomic E-state index is 0.188. The first kappa shape index (κ1) is 13.8. The highest BCUT2D eigenvalue weighted by atomic mass is 16.5. The first-order valence-electron chi connectivity index (χ1n) is 6.92. The van der Waals surface area contributed by atoms with E-state index in [-0.39, 0.29) is 11.5 Å². The topological polar surface area (TPSA) is 67.6 Å². The average molecular weight is 255 g/mol. The van der Waals surface area contributed by atoms with Gasteiger partial charge in [-0.2, -0.15) is 0 Å². The highest BCUT2D eigenvalue weighted by molar-refractivity contribution is 5.85. The zero-order valence-corrected chi connectivity index (χ0v) is 11.5. The maximum atomic E-state index is 12.1. The summed E-state index contributed by atoms with van der Waals surface area (Å²) in [7, 11) is 0. The lowest BCUT2D eigenvalue weighted by Crippen LogP contribution is -2.66. The number of nitrogens with two attached hydrogens (primary N) is 1. The molecule has 0 spiro atoms. The van der Waals surface area contributed by atoms with Crippen molar-refractivity contribution in [2.45, 2.75) is 44.2 Å². The molecule has 2 aliphatic rings. The fraction of sp³-hybridized carbons (Fsp3) is 0.923. The maximum Gasteiger partial charge on any atom is 0.238 e. The molecule has 5 heteroatoms. The SMILES string of the molecule is CCC1(C)CC(C(N)=O)(N2CCNCC2)CCO1. The Morgan fingerprint density at radius 1 is 1.44 bits per heavy atom. The molecule has 0 radical (unpaired) electrons. The van der Waals surface area contributed by atoms with Crippen LogP contribution in [0.3, 0.4) is 0 Å². The molecule has 0 aromatic rings. The number of carbonyl (C=O) groups excluding carboxylic acids is 1. The van der Waals surface area contributed by atoms with E-state index in [0.29, 0.717) is 13.0 Å². The number of piperazine rings is 1. The third-order valence-corrected chi connectivity index (χ3v) is 4.56. The second-order valence-electron chi connectivity index (χ2n) is 5.71. The summed E-state index contributed by atoms with van der Waals surface area (Å²) in [6.45, 7) is 8.46. The summed E-state index contributed by atoms with van der Waals surface area (Å²) >= 11 is 0. The zero-order chi connectivity index (χ0) is 13.2. The first-order chi connectivity index (χ1) is 8.52. The smallest absolute Gasteiger partial charge is 0.238 e. The van der Waals surface area contributed by atoms with Crippen LogP contribution in [0.2, 0.25) is 0 Å². The molecule has 0 saturated carbocycles. The lowest BCUT2D eigenvalue weighted by Gasteiger charge is -2.51. The van der Waals surface area contributed by atoms with Crippen LogP contribution in [-0.4, -0.2) is 54.7 Å². The van der Waals surface area contributed by atoms with E-state index in [4.69, 9.17) is 10.5 Å². The normalized spacial score (nSPS) is 38.6. The Labute approximate surface area is 109 Å². The van der Waals surface area contributed by atoms with Crippen LogP contribution in [0.25, 0.3) is 0 Å². The average Bonchev–Trinajstić information content (AvgIpc) is 2.39. The van der Waals surface area contributed by atoms with Crippen molar-refractivity contribution in [1.82, 2.24) is 10.2 Å².